The van der Waals surface area contributed by atoms with Crippen molar-refractivity contribution in [3.63, 3.8) is 0 Å². The van der Waals surface area contributed by atoms with Crippen LogP contribution in [0.25, 0.3) is 0 Å². The van der Waals surface area contributed by atoms with Gasteiger partial charge >= 0.3 is 0 Å². The molecular formula is C9H17O. The molecule has 1 saturated carbocycles. The standard InChI is InChI=1S/C9H17O/c1-7(2)6-10-8(3)9-4-5-9/h7,9H,4-6H2,1-3H3. The lowest BCUT2D eigenvalue weighted by molar-refractivity contribution is 0.111. The van der Waals surface area contributed by atoms with E-state index in [2.05, 4.69) is 20.8 Å². The molecule has 0 aromatic heterocycles. The first-order chi connectivity index (χ1) is 4.70. The Morgan fingerprint density at radius 2 is 2.10 bits per heavy atom. The second-order valence-electron chi connectivity index (χ2n) is 3.59. The molecule has 0 aromatic carbocycles. The Hall–Kier alpha value is -0.0400. The van der Waals surface area contributed by atoms with Gasteiger partial charge in [-0.15, -0.1) is 0 Å². The summed E-state index contributed by atoms with van der Waals surface area (Å²) < 4.78 is 5.54. The first kappa shape index (κ1) is 8.06. The monoisotopic (exact) mass is 141 g/mol. The van der Waals surface area contributed by atoms with Gasteiger partial charge in [0.05, 0.1) is 6.10 Å². The SMILES string of the molecule is C[C](OCC(C)C)C1CC1. The fourth-order valence-electron chi connectivity index (χ4n) is 0.906. The second kappa shape index (κ2) is 3.38. The van der Waals surface area contributed by atoms with Crippen LogP contribution in [0.2, 0.25) is 0 Å². The Morgan fingerprint density at radius 3 is 2.50 bits per heavy atom. The zero-order valence-electron chi connectivity index (χ0n) is 7.18. The third-order valence-corrected chi connectivity index (χ3v) is 1.80. The first-order valence-electron chi connectivity index (χ1n) is 4.16. The van der Waals surface area contributed by atoms with Gasteiger partial charge < -0.3 is 4.74 Å². The predicted molar refractivity (Wildman–Crippen MR) is 42.4 cm³/mol. The van der Waals surface area contributed by atoms with Crippen LogP contribution < -0.4 is 0 Å². The van der Waals surface area contributed by atoms with Crippen LogP contribution in [-0.2, 0) is 4.74 Å². The van der Waals surface area contributed by atoms with Gasteiger partial charge in [-0.1, -0.05) is 13.8 Å². The van der Waals surface area contributed by atoms with Crippen molar-refractivity contribution in [2.24, 2.45) is 11.8 Å². The van der Waals surface area contributed by atoms with Crippen LogP contribution in [-0.4, -0.2) is 6.61 Å². The third kappa shape index (κ3) is 2.70. The number of hydrogen-bond acceptors (Lipinski definition) is 1. The van der Waals surface area contributed by atoms with Gasteiger partial charge in [0.2, 0.25) is 0 Å². The molecule has 1 rings (SSSR count). The fourth-order valence-corrected chi connectivity index (χ4v) is 0.906. The minimum atomic E-state index is 0.661. The molecule has 0 bridgehead atoms. The maximum absolute atomic E-state index is 5.54. The summed E-state index contributed by atoms with van der Waals surface area (Å²) in [6.07, 6.45) is 3.96. The molecule has 0 unspecified atom stereocenters. The van der Waals surface area contributed by atoms with Crippen LogP contribution >= 0.6 is 0 Å². The van der Waals surface area contributed by atoms with Gasteiger partial charge in [-0.05, 0) is 31.6 Å². The van der Waals surface area contributed by atoms with Crippen molar-refractivity contribution in [3.8, 4) is 0 Å². The van der Waals surface area contributed by atoms with E-state index >= 15 is 0 Å². The molecule has 0 spiro atoms. The van der Waals surface area contributed by atoms with Crippen molar-refractivity contribution in [3.05, 3.63) is 6.10 Å². The van der Waals surface area contributed by atoms with Crippen molar-refractivity contribution in [1.29, 1.82) is 0 Å². The summed E-state index contributed by atoms with van der Waals surface area (Å²) in [4.78, 5) is 0. The van der Waals surface area contributed by atoms with Gasteiger partial charge in [-0.2, -0.15) is 0 Å². The Kier molecular flexibility index (Phi) is 2.72. The molecule has 1 radical (unpaired) electrons. The normalized spacial score (nSPS) is 18.9. The van der Waals surface area contributed by atoms with Crippen molar-refractivity contribution >= 4 is 0 Å². The van der Waals surface area contributed by atoms with E-state index in [1.54, 1.807) is 0 Å². The molecule has 1 aliphatic rings. The molecule has 0 atom stereocenters. The van der Waals surface area contributed by atoms with Crippen molar-refractivity contribution in [2.45, 2.75) is 33.6 Å². The Balaban J connectivity index is 2.00. The third-order valence-electron chi connectivity index (χ3n) is 1.80. The molecule has 0 amide bonds. The topological polar surface area (TPSA) is 9.23 Å². The smallest absolute Gasteiger partial charge is 0.0970 e. The highest BCUT2D eigenvalue weighted by molar-refractivity contribution is 4.92. The van der Waals surface area contributed by atoms with Crippen LogP contribution in [0.3, 0.4) is 0 Å². The Bertz CT molecular complexity index is 94.9. The van der Waals surface area contributed by atoms with Crippen LogP contribution in [0.15, 0.2) is 0 Å². The largest absolute Gasteiger partial charge is 0.372 e. The van der Waals surface area contributed by atoms with Crippen LogP contribution in [0, 0.1) is 17.9 Å². The summed E-state index contributed by atoms with van der Waals surface area (Å²) in [5.74, 6) is 1.47. The highest BCUT2D eigenvalue weighted by atomic mass is 16.5. The number of hydrogen-bond donors (Lipinski definition) is 0. The summed E-state index contributed by atoms with van der Waals surface area (Å²) in [6, 6.07) is 0. The van der Waals surface area contributed by atoms with Crippen LogP contribution in [0.4, 0.5) is 0 Å². The van der Waals surface area contributed by atoms with E-state index in [4.69, 9.17) is 4.74 Å². The molecule has 0 heterocycles. The lowest BCUT2D eigenvalue weighted by Crippen LogP contribution is -2.06. The summed E-state index contributed by atoms with van der Waals surface area (Å²) in [7, 11) is 0. The van der Waals surface area contributed by atoms with E-state index in [9.17, 15) is 0 Å². The molecule has 1 heteroatoms. The molecule has 0 aromatic rings. The summed E-state index contributed by atoms with van der Waals surface area (Å²) in [5.41, 5.74) is 0. The van der Waals surface area contributed by atoms with E-state index in [0.717, 1.165) is 12.5 Å². The van der Waals surface area contributed by atoms with Crippen LogP contribution in [0.5, 0.6) is 0 Å². The quantitative estimate of drug-likeness (QED) is 0.584. The molecule has 1 fully saturated rings. The zero-order chi connectivity index (χ0) is 7.56. The van der Waals surface area contributed by atoms with Gasteiger partial charge in [0.25, 0.3) is 0 Å². The summed E-state index contributed by atoms with van der Waals surface area (Å²) in [6.45, 7) is 7.36. The van der Waals surface area contributed by atoms with E-state index in [1.807, 2.05) is 0 Å². The zero-order valence-corrected chi connectivity index (χ0v) is 7.18. The van der Waals surface area contributed by atoms with Crippen molar-refractivity contribution < 1.29 is 4.74 Å². The van der Waals surface area contributed by atoms with Gasteiger partial charge in [0, 0.05) is 6.61 Å². The average Bonchev–Trinajstić information content (AvgIpc) is 2.63. The number of rotatable bonds is 4. The predicted octanol–water partition coefficient (Wildman–Crippen LogP) is 2.62. The second-order valence-corrected chi connectivity index (χ2v) is 3.59. The molecule has 59 valence electrons. The number of ether oxygens (including phenoxy) is 1. The van der Waals surface area contributed by atoms with Gasteiger partial charge in [-0.25, -0.2) is 0 Å². The molecule has 1 aliphatic carbocycles. The highest BCUT2D eigenvalue weighted by Crippen LogP contribution is 2.38. The van der Waals surface area contributed by atoms with Gasteiger partial charge in [0.15, 0.2) is 0 Å². The van der Waals surface area contributed by atoms with Crippen LogP contribution in [0.1, 0.15) is 33.6 Å². The summed E-state index contributed by atoms with van der Waals surface area (Å²) >= 11 is 0. The van der Waals surface area contributed by atoms with Crippen molar-refractivity contribution in [2.75, 3.05) is 6.61 Å². The Morgan fingerprint density at radius 1 is 1.50 bits per heavy atom. The maximum Gasteiger partial charge on any atom is 0.0970 e. The molecule has 10 heavy (non-hydrogen) atoms. The molecule has 0 N–H and O–H groups in total. The Labute approximate surface area is 63.8 Å². The van der Waals surface area contributed by atoms with E-state index in [1.165, 1.54) is 18.9 Å². The van der Waals surface area contributed by atoms with Crippen molar-refractivity contribution in [1.82, 2.24) is 0 Å². The lowest BCUT2D eigenvalue weighted by Gasteiger charge is -2.11. The highest BCUT2D eigenvalue weighted by Gasteiger charge is 2.29. The van der Waals surface area contributed by atoms with Gasteiger partial charge in [-0.3, -0.25) is 0 Å². The van der Waals surface area contributed by atoms with Gasteiger partial charge in [0.1, 0.15) is 0 Å². The minimum absolute atomic E-state index is 0.661. The molecular weight excluding hydrogens is 124 g/mol. The lowest BCUT2D eigenvalue weighted by atomic mass is 10.2. The van der Waals surface area contributed by atoms with E-state index in [-0.39, 0.29) is 0 Å². The summed E-state index contributed by atoms with van der Waals surface area (Å²) in [5, 5.41) is 0. The van der Waals surface area contributed by atoms with E-state index < -0.39 is 0 Å². The minimum Gasteiger partial charge on any atom is -0.372 e. The molecule has 1 nitrogen and oxygen atoms in total. The average molecular weight is 141 g/mol. The molecule has 0 aliphatic heterocycles. The first-order valence-corrected chi connectivity index (χ1v) is 4.16. The molecule has 0 saturated heterocycles. The van der Waals surface area contributed by atoms with E-state index in [0.29, 0.717) is 5.92 Å². The maximum atomic E-state index is 5.54. The fraction of sp³-hybridized carbons (Fsp3) is 0.889.